The Morgan fingerprint density at radius 2 is 1.68 bits per heavy atom. The molecule has 0 bridgehead atoms. The normalized spacial score (nSPS) is 13.1. The van der Waals surface area contributed by atoms with Gasteiger partial charge in [0.1, 0.15) is 0 Å². The molecule has 1 atom stereocenters. The van der Waals surface area contributed by atoms with Gasteiger partial charge in [0, 0.05) is 0 Å². The fourth-order valence-electron chi connectivity index (χ4n) is 1.26. The van der Waals surface area contributed by atoms with E-state index >= 15 is 0 Å². The number of hydrogen-bond donors (Lipinski definition) is 0. The summed E-state index contributed by atoms with van der Waals surface area (Å²) >= 11 is 0. The van der Waals surface area contributed by atoms with Gasteiger partial charge in [0.15, 0.2) is 0 Å². The van der Waals surface area contributed by atoms with Gasteiger partial charge in [-0.15, -0.1) is 0 Å². The van der Waals surface area contributed by atoms with E-state index < -0.39 is 19.4 Å². The van der Waals surface area contributed by atoms with E-state index in [-0.39, 0.29) is 26.4 Å². The summed E-state index contributed by atoms with van der Waals surface area (Å²) in [5.41, 5.74) is 0.689. The van der Waals surface area contributed by atoms with Crippen LogP contribution in [0.5, 0.6) is 0 Å². The molecule has 0 saturated heterocycles. The maximum Gasteiger partial charge on any atom is 0.370 e. The third-order valence-electron chi connectivity index (χ3n) is 1.88. The van der Waals surface area contributed by atoms with Crippen molar-refractivity contribution in [2.24, 2.45) is 0 Å². The van der Waals surface area contributed by atoms with Crippen LogP contribution in [-0.2, 0) is 27.9 Å². The number of rotatable bonds is 10. The van der Waals surface area contributed by atoms with Crippen LogP contribution in [0.3, 0.4) is 0 Å². The van der Waals surface area contributed by atoms with Gasteiger partial charge in [0.25, 0.3) is 5.85 Å². The molecule has 0 N–H and O–H groups in total. The highest BCUT2D eigenvalue weighted by atomic mass is 31.2. The van der Waals surface area contributed by atoms with Crippen LogP contribution in [-0.4, -0.2) is 38.2 Å². The molecule has 0 aliphatic carbocycles. The standard InChI is InChI=1S/C12H23O6P/c1-6-15-11(13)12(16-9-10(4)5)19(14,17-7-2)18-8-3/h12H,4,6-9H2,1-3,5H3/t12-/m0/s1. The van der Waals surface area contributed by atoms with Crippen LogP contribution in [0.4, 0.5) is 0 Å². The summed E-state index contributed by atoms with van der Waals surface area (Å²) in [6, 6.07) is 0. The van der Waals surface area contributed by atoms with Gasteiger partial charge in [0.05, 0.1) is 26.4 Å². The zero-order valence-corrected chi connectivity index (χ0v) is 12.9. The van der Waals surface area contributed by atoms with Crippen LogP contribution in [0.15, 0.2) is 12.2 Å². The lowest BCUT2D eigenvalue weighted by atomic mass is 10.4. The molecule has 7 heteroatoms. The van der Waals surface area contributed by atoms with Crippen molar-refractivity contribution in [2.45, 2.75) is 33.5 Å². The maximum absolute atomic E-state index is 12.5. The van der Waals surface area contributed by atoms with E-state index in [2.05, 4.69) is 6.58 Å². The molecule has 6 nitrogen and oxygen atoms in total. The van der Waals surface area contributed by atoms with E-state index in [0.717, 1.165) is 0 Å². The Morgan fingerprint density at radius 3 is 2.05 bits per heavy atom. The SMILES string of the molecule is C=C(C)CO[C@H](C(=O)OCC)P(=O)(OCC)OCC. The van der Waals surface area contributed by atoms with Gasteiger partial charge in [-0.1, -0.05) is 12.2 Å². The summed E-state index contributed by atoms with van der Waals surface area (Å²) in [5, 5.41) is 0. The van der Waals surface area contributed by atoms with Gasteiger partial charge >= 0.3 is 13.6 Å². The zero-order valence-electron chi connectivity index (χ0n) is 12.0. The van der Waals surface area contributed by atoms with Gasteiger partial charge in [-0.2, -0.15) is 0 Å². The lowest BCUT2D eigenvalue weighted by molar-refractivity contribution is -0.151. The minimum atomic E-state index is -3.71. The number of ether oxygens (including phenoxy) is 2. The molecule has 19 heavy (non-hydrogen) atoms. The highest BCUT2D eigenvalue weighted by Crippen LogP contribution is 2.53. The Labute approximate surface area is 114 Å². The largest absolute Gasteiger partial charge is 0.464 e. The molecule has 0 saturated carbocycles. The Balaban J connectivity index is 5.08. The summed E-state index contributed by atoms with van der Waals surface area (Å²) in [4.78, 5) is 11.8. The van der Waals surface area contributed by atoms with Crippen molar-refractivity contribution in [1.29, 1.82) is 0 Å². The summed E-state index contributed by atoms with van der Waals surface area (Å²) in [7, 11) is -3.71. The topological polar surface area (TPSA) is 71.1 Å². The average molecular weight is 294 g/mol. The second-order valence-electron chi connectivity index (χ2n) is 3.75. The molecule has 0 rings (SSSR count). The fourth-order valence-corrected chi connectivity index (χ4v) is 2.91. The van der Waals surface area contributed by atoms with Crippen molar-refractivity contribution < 1.29 is 27.9 Å². The van der Waals surface area contributed by atoms with Crippen LogP contribution in [0, 0.1) is 0 Å². The Morgan fingerprint density at radius 1 is 1.16 bits per heavy atom. The quantitative estimate of drug-likeness (QED) is 0.350. The van der Waals surface area contributed by atoms with Gasteiger partial charge in [-0.3, -0.25) is 4.57 Å². The summed E-state index contributed by atoms with van der Waals surface area (Å²) in [6.45, 7) is 10.9. The van der Waals surface area contributed by atoms with Crippen LogP contribution in [0.1, 0.15) is 27.7 Å². The van der Waals surface area contributed by atoms with Crippen molar-refractivity contribution in [3.05, 3.63) is 12.2 Å². The highest BCUT2D eigenvalue weighted by molar-refractivity contribution is 7.55. The number of hydrogen-bond acceptors (Lipinski definition) is 6. The second-order valence-corrected chi connectivity index (χ2v) is 5.81. The smallest absolute Gasteiger partial charge is 0.370 e. The molecule has 0 aromatic heterocycles. The summed E-state index contributed by atoms with van der Waals surface area (Å²) < 4.78 is 32.9. The van der Waals surface area contributed by atoms with Crippen molar-refractivity contribution in [3.8, 4) is 0 Å². The fraction of sp³-hybridized carbons (Fsp3) is 0.750. The number of carbonyl (C=O) groups is 1. The molecule has 0 radical (unpaired) electrons. The maximum atomic E-state index is 12.5. The van der Waals surface area contributed by atoms with Crippen molar-refractivity contribution in [1.82, 2.24) is 0 Å². The van der Waals surface area contributed by atoms with Gasteiger partial charge in [-0.25, -0.2) is 4.79 Å². The Hall–Kier alpha value is -0.680. The van der Waals surface area contributed by atoms with Crippen LogP contribution in [0.2, 0.25) is 0 Å². The highest BCUT2D eigenvalue weighted by Gasteiger charge is 2.43. The van der Waals surface area contributed by atoms with Crippen molar-refractivity contribution >= 4 is 13.6 Å². The molecule has 0 fully saturated rings. The minimum Gasteiger partial charge on any atom is -0.464 e. The minimum absolute atomic E-state index is 0.0770. The predicted molar refractivity (Wildman–Crippen MR) is 72.0 cm³/mol. The molecule has 0 unspecified atom stereocenters. The van der Waals surface area contributed by atoms with Gasteiger partial charge in [-0.05, 0) is 27.7 Å². The summed E-state index contributed by atoms with van der Waals surface area (Å²) in [6.07, 6.45) is 0. The lowest BCUT2D eigenvalue weighted by Gasteiger charge is -2.24. The molecule has 0 aromatic rings. The molecular weight excluding hydrogens is 271 g/mol. The molecule has 0 spiro atoms. The Kier molecular flexibility index (Phi) is 8.93. The third-order valence-corrected chi connectivity index (χ3v) is 4.05. The monoisotopic (exact) mass is 294 g/mol. The second kappa shape index (κ2) is 9.26. The van der Waals surface area contributed by atoms with Gasteiger partial charge in [0.2, 0.25) is 0 Å². The number of esters is 1. The Bertz CT molecular complexity index is 331. The molecular formula is C12H23O6P. The van der Waals surface area contributed by atoms with E-state index in [1.807, 2.05) is 0 Å². The van der Waals surface area contributed by atoms with E-state index in [1.165, 1.54) is 0 Å². The number of carbonyl (C=O) groups excluding carboxylic acids is 1. The molecule has 112 valence electrons. The van der Waals surface area contributed by atoms with Gasteiger partial charge < -0.3 is 18.5 Å². The molecule has 0 amide bonds. The van der Waals surface area contributed by atoms with Crippen LogP contribution < -0.4 is 0 Å². The van der Waals surface area contributed by atoms with E-state index in [9.17, 15) is 9.36 Å². The van der Waals surface area contributed by atoms with Crippen LogP contribution in [0.25, 0.3) is 0 Å². The first kappa shape index (κ1) is 18.3. The molecule has 0 aromatic carbocycles. The lowest BCUT2D eigenvalue weighted by Crippen LogP contribution is -2.29. The van der Waals surface area contributed by atoms with Crippen LogP contribution >= 0.6 is 7.60 Å². The van der Waals surface area contributed by atoms with E-state index in [4.69, 9.17) is 18.5 Å². The predicted octanol–water partition coefficient (Wildman–Crippen LogP) is 2.73. The molecule has 0 heterocycles. The first-order valence-corrected chi connectivity index (χ1v) is 7.83. The first-order valence-electron chi connectivity index (χ1n) is 6.22. The summed E-state index contributed by atoms with van der Waals surface area (Å²) in [5.74, 6) is -2.14. The zero-order chi connectivity index (χ0) is 14.9. The average Bonchev–Trinajstić information content (AvgIpc) is 2.29. The van der Waals surface area contributed by atoms with Crippen molar-refractivity contribution in [3.63, 3.8) is 0 Å². The van der Waals surface area contributed by atoms with E-state index in [0.29, 0.717) is 5.57 Å². The molecule has 0 aliphatic rings. The van der Waals surface area contributed by atoms with E-state index in [1.54, 1.807) is 27.7 Å². The first-order chi connectivity index (χ1) is 8.91. The molecule has 0 aliphatic heterocycles. The van der Waals surface area contributed by atoms with Crippen molar-refractivity contribution in [2.75, 3.05) is 26.4 Å². The third kappa shape index (κ3) is 6.34.